The number of carbonyl (C=O) groups excluding carboxylic acids is 1. The number of hydrogen-bond donors (Lipinski definition) is 1. The summed E-state index contributed by atoms with van der Waals surface area (Å²) in [7, 11) is 3.66. The topological polar surface area (TPSA) is 90.2 Å². The maximum atomic E-state index is 13.2. The highest BCUT2D eigenvalue weighted by atomic mass is 35.5. The summed E-state index contributed by atoms with van der Waals surface area (Å²) in [6.45, 7) is 2.16. The zero-order valence-corrected chi connectivity index (χ0v) is 21.8. The third-order valence-corrected chi connectivity index (χ3v) is 9.84. The summed E-state index contributed by atoms with van der Waals surface area (Å²) in [4.78, 5) is 18.4. The second kappa shape index (κ2) is 10.5. The Balaban J connectivity index is 1.68. The second-order valence-electron chi connectivity index (χ2n) is 9.68. The van der Waals surface area contributed by atoms with Crippen molar-refractivity contribution in [1.82, 2.24) is 14.1 Å². The molecule has 1 saturated heterocycles. The smallest absolute Gasteiger partial charge is 0.244 e. The number of hydrogen-bond acceptors (Lipinski definition) is 6. The highest BCUT2D eigenvalue weighted by Crippen LogP contribution is 2.34. The van der Waals surface area contributed by atoms with Gasteiger partial charge in [-0.3, -0.25) is 9.69 Å². The van der Waals surface area contributed by atoms with Crippen molar-refractivity contribution < 1.29 is 13.2 Å². The molecule has 1 aromatic carbocycles. The van der Waals surface area contributed by atoms with E-state index < -0.39 is 15.6 Å². The molecule has 1 saturated carbocycles. The molecule has 1 amide bonds. The number of rotatable bonds is 9. The van der Waals surface area contributed by atoms with Crippen LogP contribution in [0.3, 0.4) is 0 Å². The summed E-state index contributed by atoms with van der Waals surface area (Å²) in [5.74, 6) is -0.361. The van der Waals surface area contributed by atoms with Gasteiger partial charge in [0.2, 0.25) is 15.9 Å². The van der Waals surface area contributed by atoms with Crippen LogP contribution in [0.5, 0.6) is 0 Å². The van der Waals surface area contributed by atoms with Gasteiger partial charge >= 0.3 is 0 Å². The Morgan fingerprint density at radius 1 is 1.15 bits per heavy atom. The summed E-state index contributed by atoms with van der Waals surface area (Å²) in [5.41, 5.74) is 5.73. The molecule has 1 aliphatic heterocycles. The molecule has 0 bridgehead atoms. The standard InChI is InChI=1S/C23H38ClN5O3S/c1-26(2)23(22(25)30)12-13-29(17-23)19-10-11-21(20(24)16-19)33(31,32)28(4)15-14-27(3)18-8-6-5-7-9-18/h10-11,16,18H,5-9,12-15,17H2,1-4H3,(H2,25,30). The number of halogens is 1. The third-order valence-electron chi connectivity index (χ3n) is 7.50. The number of nitrogens with two attached hydrogens (primary N) is 1. The van der Waals surface area contributed by atoms with Crippen LogP contribution in [-0.2, 0) is 14.8 Å². The second-order valence-corrected chi connectivity index (χ2v) is 12.1. The van der Waals surface area contributed by atoms with E-state index in [0.717, 1.165) is 5.69 Å². The summed E-state index contributed by atoms with van der Waals surface area (Å²) < 4.78 is 27.8. The monoisotopic (exact) mass is 499 g/mol. The number of primary amides is 1. The van der Waals surface area contributed by atoms with Gasteiger partial charge in [-0.05, 0) is 58.6 Å². The van der Waals surface area contributed by atoms with Crippen molar-refractivity contribution in [3.05, 3.63) is 23.2 Å². The van der Waals surface area contributed by atoms with Crippen LogP contribution in [0, 0.1) is 0 Å². The van der Waals surface area contributed by atoms with Crippen LogP contribution in [0.1, 0.15) is 38.5 Å². The van der Waals surface area contributed by atoms with Gasteiger partial charge in [-0.15, -0.1) is 0 Å². The minimum atomic E-state index is -3.71. The van der Waals surface area contributed by atoms with E-state index in [2.05, 4.69) is 11.9 Å². The normalized spacial score (nSPS) is 22.6. The molecule has 2 fully saturated rings. The Bertz CT molecular complexity index is 951. The molecule has 1 heterocycles. The van der Waals surface area contributed by atoms with Crippen molar-refractivity contribution in [2.75, 3.05) is 59.3 Å². The lowest BCUT2D eigenvalue weighted by Crippen LogP contribution is -2.56. The lowest BCUT2D eigenvalue weighted by Gasteiger charge is -2.33. The van der Waals surface area contributed by atoms with Crippen molar-refractivity contribution >= 4 is 33.2 Å². The van der Waals surface area contributed by atoms with Gasteiger partial charge in [-0.25, -0.2) is 8.42 Å². The maximum Gasteiger partial charge on any atom is 0.244 e. The molecule has 0 radical (unpaired) electrons. The lowest BCUT2D eigenvalue weighted by molar-refractivity contribution is -0.127. The van der Waals surface area contributed by atoms with Crippen LogP contribution in [-0.4, -0.2) is 94.4 Å². The number of anilines is 1. The first kappa shape index (κ1) is 26.2. The molecule has 8 nitrogen and oxygen atoms in total. The van der Waals surface area contributed by atoms with Gasteiger partial charge < -0.3 is 15.5 Å². The number of likely N-dealkylation sites (N-methyl/N-ethyl adjacent to an activating group) is 3. The Morgan fingerprint density at radius 3 is 2.36 bits per heavy atom. The van der Waals surface area contributed by atoms with Crippen molar-refractivity contribution in [2.24, 2.45) is 5.73 Å². The van der Waals surface area contributed by atoms with Crippen molar-refractivity contribution in [3.8, 4) is 0 Å². The van der Waals surface area contributed by atoms with E-state index in [1.54, 1.807) is 25.2 Å². The number of benzene rings is 1. The van der Waals surface area contributed by atoms with E-state index in [4.69, 9.17) is 17.3 Å². The first-order valence-corrected chi connectivity index (χ1v) is 13.5. The molecule has 10 heteroatoms. The molecule has 186 valence electrons. The van der Waals surface area contributed by atoms with E-state index in [0.29, 0.717) is 38.6 Å². The van der Waals surface area contributed by atoms with E-state index >= 15 is 0 Å². The average molecular weight is 500 g/mol. The number of amides is 1. The SMILES string of the molecule is CN(CCN(C)S(=O)(=O)c1ccc(N2CCC(C(N)=O)(N(C)C)C2)cc1Cl)C1CCCCC1. The van der Waals surface area contributed by atoms with Crippen LogP contribution in [0.25, 0.3) is 0 Å². The molecule has 1 aliphatic carbocycles. The van der Waals surface area contributed by atoms with E-state index in [1.165, 1.54) is 36.4 Å². The van der Waals surface area contributed by atoms with E-state index in [9.17, 15) is 13.2 Å². The molecule has 1 unspecified atom stereocenters. The Morgan fingerprint density at radius 2 is 1.82 bits per heavy atom. The predicted octanol–water partition coefficient (Wildman–Crippen LogP) is 2.22. The van der Waals surface area contributed by atoms with Gasteiger partial charge in [0.15, 0.2) is 0 Å². The zero-order chi connectivity index (χ0) is 24.4. The molecule has 1 aromatic rings. The lowest BCUT2D eigenvalue weighted by atomic mass is 9.94. The molecule has 2 N–H and O–H groups in total. The minimum Gasteiger partial charge on any atom is -0.369 e. The maximum absolute atomic E-state index is 13.2. The van der Waals surface area contributed by atoms with E-state index in [1.807, 2.05) is 23.9 Å². The molecule has 1 atom stereocenters. The zero-order valence-electron chi connectivity index (χ0n) is 20.3. The number of nitrogens with zero attached hydrogens (tertiary/aromatic N) is 4. The van der Waals surface area contributed by atoms with E-state index in [-0.39, 0.29) is 15.8 Å². The van der Waals surface area contributed by atoms with Gasteiger partial charge in [0.1, 0.15) is 10.4 Å². The van der Waals surface area contributed by atoms with Gasteiger partial charge in [0, 0.05) is 45.0 Å². The van der Waals surface area contributed by atoms with Crippen LogP contribution in [0.15, 0.2) is 23.1 Å². The third kappa shape index (κ3) is 5.48. The molecule has 0 aromatic heterocycles. The van der Waals surface area contributed by atoms with Crippen molar-refractivity contribution in [2.45, 2.75) is 55.0 Å². The molecule has 0 spiro atoms. The highest BCUT2D eigenvalue weighted by molar-refractivity contribution is 7.89. The van der Waals surface area contributed by atoms with Gasteiger partial charge in [-0.2, -0.15) is 4.31 Å². The number of carbonyl (C=O) groups is 1. The average Bonchev–Trinajstić information content (AvgIpc) is 3.25. The Kier molecular flexibility index (Phi) is 8.32. The molecule has 3 rings (SSSR count). The first-order valence-electron chi connectivity index (χ1n) is 11.7. The van der Waals surface area contributed by atoms with Gasteiger partial charge in [0.25, 0.3) is 0 Å². The molecule has 33 heavy (non-hydrogen) atoms. The summed E-state index contributed by atoms with van der Waals surface area (Å²) in [6.07, 6.45) is 6.76. The molecule has 2 aliphatic rings. The van der Waals surface area contributed by atoms with Crippen LogP contribution >= 0.6 is 11.6 Å². The van der Waals surface area contributed by atoms with Crippen LogP contribution in [0.4, 0.5) is 5.69 Å². The van der Waals surface area contributed by atoms with Crippen LogP contribution in [0.2, 0.25) is 5.02 Å². The fraction of sp³-hybridized carbons (Fsp3) is 0.696. The van der Waals surface area contributed by atoms with Crippen molar-refractivity contribution in [3.63, 3.8) is 0 Å². The van der Waals surface area contributed by atoms with Crippen LogP contribution < -0.4 is 10.6 Å². The molecular weight excluding hydrogens is 462 g/mol. The summed E-state index contributed by atoms with van der Waals surface area (Å²) in [5, 5.41) is 0.182. The largest absolute Gasteiger partial charge is 0.369 e. The number of sulfonamides is 1. The van der Waals surface area contributed by atoms with Crippen molar-refractivity contribution in [1.29, 1.82) is 0 Å². The van der Waals surface area contributed by atoms with Gasteiger partial charge in [0.05, 0.1) is 5.02 Å². The summed E-state index contributed by atoms with van der Waals surface area (Å²) >= 11 is 6.47. The fourth-order valence-electron chi connectivity index (χ4n) is 4.99. The quantitative estimate of drug-likeness (QED) is 0.560. The predicted molar refractivity (Wildman–Crippen MR) is 133 cm³/mol. The highest BCUT2D eigenvalue weighted by Gasteiger charge is 2.45. The first-order chi connectivity index (χ1) is 15.5. The van der Waals surface area contributed by atoms with Gasteiger partial charge in [-0.1, -0.05) is 30.9 Å². The fourth-order valence-corrected chi connectivity index (χ4v) is 6.66. The molecular formula is C23H38ClN5O3S. The Labute approximate surface area is 203 Å². The summed E-state index contributed by atoms with van der Waals surface area (Å²) in [6, 6.07) is 5.53. The Hall–Kier alpha value is -1.39. The minimum absolute atomic E-state index is 0.101.